The molecule has 1 saturated heterocycles. The molecule has 1 fully saturated rings. The van der Waals surface area contributed by atoms with Gasteiger partial charge in [-0.1, -0.05) is 68.0 Å². The molecule has 0 spiro atoms. The van der Waals surface area contributed by atoms with Crippen LogP contribution in [0.25, 0.3) is 0 Å². The van der Waals surface area contributed by atoms with Gasteiger partial charge < -0.3 is 23.7 Å². The predicted molar refractivity (Wildman–Crippen MR) is 128 cm³/mol. The lowest BCUT2D eigenvalue weighted by atomic mass is 9.88. The van der Waals surface area contributed by atoms with Gasteiger partial charge in [0.1, 0.15) is 11.9 Å². The van der Waals surface area contributed by atoms with Crippen molar-refractivity contribution in [2.24, 2.45) is 11.8 Å². The quantitative estimate of drug-likeness (QED) is 0.504. The minimum Gasteiger partial charge on any atom is -0.497 e. The highest BCUT2D eigenvalue weighted by molar-refractivity contribution is 5.28. The molecule has 5 nitrogen and oxygen atoms in total. The molecule has 2 aromatic rings. The average Bonchev–Trinajstić information content (AvgIpc) is 2.82. The largest absolute Gasteiger partial charge is 0.497 e. The Morgan fingerprint density at radius 2 is 1.76 bits per heavy atom. The van der Waals surface area contributed by atoms with E-state index in [1.807, 2.05) is 42.5 Å². The van der Waals surface area contributed by atoms with Crippen molar-refractivity contribution >= 4 is 0 Å². The molecule has 2 aliphatic heterocycles. The minimum atomic E-state index is -0.393. The fraction of sp³-hybridized carbons (Fsp3) is 0.500. The molecule has 6 atom stereocenters. The average molecular weight is 453 g/mol. The fourth-order valence-corrected chi connectivity index (χ4v) is 4.76. The lowest BCUT2D eigenvalue weighted by Gasteiger charge is -2.42. The molecule has 0 unspecified atom stereocenters. The first-order valence-corrected chi connectivity index (χ1v) is 11.9. The molecule has 0 amide bonds. The van der Waals surface area contributed by atoms with E-state index in [0.717, 1.165) is 17.7 Å². The summed E-state index contributed by atoms with van der Waals surface area (Å²) in [7, 11) is 1.67. The van der Waals surface area contributed by atoms with Crippen molar-refractivity contribution in [1.82, 2.24) is 0 Å². The van der Waals surface area contributed by atoms with E-state index in [-0.39, 0.29) is 24.2 Å². The summed E-state index contributed by atoms with van der Waals surface area (Å²) in [6.07, 6.45) is 2.66. The van der Waals surface area contributed by atoms with E-state index in [9.17, 15) is 0 Å². The van der Waals surface area contributed by atoms with Gasteiger partial charge in [-0.3, -0.25) is 0 Å². The van der Waals surface area contributed by atoms with Gasteiger partial charge in [-0.05, 0) is 31.0 Å². The summed E-state index contributed by atoms with van der Waals surface area (Å²) in [5.41, 5.74) is 3.51. The van der Waals surface area contributed by atoms with Crippen LogP contribution in [0.3, 0.4) is 0 Å². The van der Waals surface area contributed by atoms with Gasteiger partial charge in [0.2, 0.25) is 0 Å². The van der Waals surface area contributed by atoms with Crippen molar-refractivity contribution in [1.29, 1.82) is 0 Å². The summed E-state index contributed by atoms with van der Waals surface area (Å²) in [5.74, 6) is 1.35. The number of ether oxygens (including phenoxy) is 5. The lowest BCUT2D eigenvalue weighted by molar-refractivity contribution is -0.278. The van der Waals surface area contributed by atoms with Crippen LogP contribution in [-0.2, 0) is 25.6 Å². The first-order valence-electron chi connectivity index (χ1n) is 11.9. The molecule has 2 aliphatic rings. The van der Waals surface area contributed by atoms with Crippen LogP contribution < -0.4 is 4.74 Å². The third kappa shape index (κ3) is 6.24. The minimum absolute atomic E-state index is 0.0354. The van der Waals surface area contributed by atoms with Crippen LogP contribution in [0.2, 0.25) is 0 Å². The van der Waals surface area contributed by atoms with Crippen molar-refractivity contribution < 1.29 is 23.7 Å². The van der Waals surface area contributed by atoms with Crippen LogP contribution in [0.5, 0.6) is 5.75 Å². The maximum Gasteiger partial charge on any atom is 0.184 e. The zero-order valence-electron chi connectivity index (χ0n) is 20.1. The van der Waals surface area contributed by atoms with E-state index in [2.05, 4.69) is 39.0 Å². The van der Waals surface area contributed by atoms with Crippen LogP contribution in [0.15, 0.2) is 66.2 Å². The number of hydrogen-bond donors (Lipinski definition) is 0. The lowest BCUT2D eigenvalue weighted by Crippen LogP contribution is -2.47. The number of rotatable bonds is 7. The molecule has 0 radical (unpaired) electrons. The maximum absolute atomic E-state index is 6.65. The molecule has 178 valence electrons. The SMILES string of the molecule is COc1ccc([C@H]2OC[C@H]3O[C@H]([C@H](C)COCc4ccccc4)[C@H](C)/C=C(/C)C[C@H]3O2)cc1. The summed E-state index contributed by atoms with van der Waals surface area (Å²) in [6, 6.07) is 18.1. The van der Waals surface area contributed by atoms with Gasteiger partial charge >= 0.3 is 0 Å². The van der Waals surface area contributed by atoms with Crippen LogP contribution in [0.1, 0.15) is 44.6 Å². The first-order chi connectivity index (χ1) is 16.0. The topological polar surface area (TPSA) is 46.2 Å². The Labute approximate surface area is 197 Å². The van der Waals surface area contributed by atoms with Gasteiger partial charge in [0.25, 0.3) is 0 Å². The van der Waals surface area contributed by atoms with Crippen LogP contribution >= 0.6 is 0 Å². The Morgan fingerprint density at radius 1 is 1.00 bits per heavy atom. The fourth-order valence-electron chi connectivity index (χ4n) is 4.76. The molecule has 4 rings (SSSR count). The zero-order chi connectivity index (χ0) is 23.2. The highest BCUT2D eigenvalue weighted by Gasteiger charge is 2.38. The third-order valence-corrected chi connectivity index (χ3v) is 6.49. The Bertz CT molecular complexity index is 894. The van der Waals surface area contributed by atoms with Gasteiger partial charge in [0.15, 0.2) is 6.29 Å². The van der Waals surface area contributed by atoms with E-state index < -0.39 is 6.29 Å². The molecule has 2 aromatic carbocycles. The number of methoxy groups -OCH3 is 1. The van der Waals surface area contributed by atoms with Crippen molar-refractivity contribution in [2.45, 2.75) is 58.4 Å². The van der Waals surface area contributed by atoms with Crippen molar-refractivity contribution in [3.8, 4) is 5.75 Å². The zero-order valence-corrected chi connectivity index (χ0v) is 20.1. The maximum atomic E-state index is 6.65. The molecule has 0 aliphatic carbocycles. The summed E-state index contributed by atoms with van der Waals surface area (Å²) in [5, 5.41) is 0. The van der Waals surface area contributed by atoms with E-state index in [1.165, 1.54) is 11.1 Å². The highest BCUT2D eigenvalue weighted by atomic mass is 16.7. The van der Waals surface area contributed by atoms with Gasteiger partial charge in [-0.2, -0.15) is 0 Å². The number of benzene rings is 2. The summed E-state index contributed by atoms with van der Waals surface area (Å²) in [6.45, 7) is 8.39. The normalized spacial score (nSPS) is 30.3. The summed E-state index contributed by atoms with van der Waals surface area (Å²) in [4.78, 5) is 0. The molecule has 0 bridgehead atoms. The summed E-state index contributed by atoms with van der Waals surface area (Å²) >= 11 is 0. The molecule has 0 N–H and O–H groups in total. The Kier molecular flexibility index (Phi) is 8.20. The Morgan fingerprint density at radius 3 is 2.48 bits per heavy atom. The van der Waals surface area contributed by atoms with Crippen molar-refractivity contribution in [2.75, 3.05) is 20.3 Å². The van der Waals surface area contributed by atoms with Gasteiger partial charge in [0.05, 0.1) is 39.1 Å². The van der Waals surface area contributed by atoms with Crippen LogP contribution in [0, 0.1) is 11.8 Å². The van der Waals surface area contributed by atoms with Gasteiger partial charge in [0, 0.05) is 17.4 Å². The molecular weight excluding hydrogens is 416 g/mol. The van der Waals surface area contributed by atoms with Crippen molar-refractivity contribution in [3.63, 3.8) is 0 Å². The smallest absolute Gasteiger partial charge is 0.184 e. The second-order valence-electron chi connectivity index (χ2n) is 9.31. The highest BCUT2D eigenvalue weighted by Crippen LogP contribution is 2.35. The van der Waals surface area contributed by atoms with Gasteiger partial charge in [-0.25, -0.2) is 0 Å². The Balaban J connectivity index is 1.39. The van der Waals surface area contributed by atoms with E-state index in [0.29, 0.717) is 25.7 Å². The first kappa shape index (κ1) is 24.0. The molecular formula is C28H36O5. The Hall–Kier alpha value is -2.18. The standard InChI is InChI=1S/C28H36O5/c1-19-14-20(2)27(21(3)16-30-17-22-8-6-5-7-9-22)32-26-18-31-28(33-25(26)15-19)23-10-12-24(29-4)13-11-23/h5-14,20-21,25-28H,15-18H2,1-4H3/b19-14-/t20-,21-,25-,26-,27+,28+/m1/s1. The van der Waals surface area contributed by atoms with E-state index in [1.54, 1.807) is 7.11 Å². The van der Waals surface area contributed by atoms with E-state index in [4.69, 9.17) is 23.7 Å². The summed E-state index contributed by atoms with van der Waals surface area (Å²) < 4.78 is 30.4. The molecule has 2 heterocycles. The van der Waals surface area contributed by atoms with E-state index >= 15 is 0 Å². The second-order valence-corrected chi connectivity index (χ2v) is 9.31. The molecule has 5 heteroatoms. The second kappa shape index (κ2) is 11.3. The van der Waals surface area contributed by atoms with Crippen molar-refractivity contribution in [3.05, 3.63) is 77.4 Å². The van der Waals surface area contributed by atoms with Crippen LogP contribution in [0.4, 0.5) is 0 Å². The number of fused-ring (bicyclic) bond motifs is 1. The van der Waals surface area contributed by atoms with Crippen LogP contribution in [-0.4, -0.2) is 38.6 Å². The monoisotopic (exact) mass is 452 g/mol. The third-order valence-electron chi connectivity index (χ3n) is 6.49. The van der Waals surface area contributed by atoms with Gasteiger partial charge in [-0.15, -0.1) is 0 Å². The molecule has 0 saturated carbocycles. The predicted octanol–water partition coefficient (Wildman–Crippen LogP) is 5.70. The number of hydrogen-bond acceptors (Lipinski definition) is 5. The molecule has 0 aromatic heterocycles. The molecule has 33 heavy (non-hydrogen) atoms.